The zero-order valence-electron chi connectivity index (χ0n) is 28.6. The average Bonchev–Trinajstić information content (AvgIpc) is 2.99. The minimum absolute atomic E-state index is 0.348. The summed E-state index contributed by atoms with van der Waals surface area (Å²) in [6, 6.07) is 0. The lowest BCUT2D eigenvalue weighted by molar-refractivity contribution is 0.282. The first-order chi connectivity index (χ1) is 20.2. The summed E-state index contributed by atoms with van der Waals surface area (Å²) in [6.07, 6.45) is 45.1. The molecule has 41 heavy (non-hydrogen) atoms. The van der Waals surface area contributed by atoms with E-state index in [1.54, 1.807) is 0 Å². The van der Waals surface area contributed by atoms with Gasteiger partial charge in [0, 0.05) is 19.8 Å². The summed E-state index contributed by atoms with van der Waals surface area (Å²) in [7, 11) is 0. The van der Waals surface area contributed by atoms with E-state index in [9.17, 15) is 0 Å². The fourth-order valence-electron chi connectivity index (χ4n) is 4.74. The van der Waals surface area contributed by atoms with Gasteiger partial charge in [-0.15, -0.1) is 0 Å². The van der Waals surface area contributed by atoms with E-state index in [-0.39, 0.29) is 0 Å². The van der Waals surface area contributed by atoms with E-state index in [0.717, 1.165) is 19.3 Å². The van der Waals surface area contributed by atoms with Gasteiger partial charge in [0.05, 0.1) is 0 Å². The molecule has 0 aromatic heterocycles. The van der Waals surface area contributed by atoms with Crippen molar-refractivity contribution >= 4 is 0 Å². The summed E-state index contributed by atoms with van der Waals surface area (Å²) in [5, 5.41) is 25.7. The van der Waals surface area contributed by atoms with Crippen LogP contribution in [0.4, 0.5) is 0 Å². The first-order valence-electron chi connectivity index (χ1n) is 18.3. The summed E-state index contributed by atoms with van der Waals surface area (Å²) in [4.78, 5) is 0. The summed E-state index contributed by atoms with van der Waals surface area (Å²) in [5.41, 5.74) is 0. The first-order valence-corrected chi connectivity index (χ1v) is 18.3. The highest BCUT2D eigenvalue weighted by molar-refractivity contribution is 5.00. The number of allylic oxidation sites excluding steroid dienone is 4. The summed E-state index contributed by atoms with van der Waals surface area (Å²) < 4.78 is 0. The molecule has 0 aliphatic carbocycles. The molecule has 0 aliphatic rings. The van der Waals surface area contributed by atoms with Crippen molar-refractivity contribution < 1.29 is 15.3 Å². The number of hydrogen-bond acceptors (Lipinski definition) is 3. The van der Waals surface area contributed by atoms with Gasteiger partial charge in [0.2, 0.25) is 0 Å². The minimum atomic E-state index is 0.348. The summed E-state index contributed by atoms with van der Waals surface area (Å²) in [6.45, 7) is 7.65. The van der Waals surface area contributed by atoms with Crippen LogP contribution in [0.25, 0.3) is 0 Å². The molecule has 248 valence electrons. The highest BCUT2D eigenvalue weighted by Crippen LogP contribution is 2.12. The van der Waals surface area contributed by atoms with E-state index in [0.29, 0.717) is 19.8 Å². The predicted octanol–water partition coefficient (Wildman–Crippen LogP) is 12.0. The molecule has 0 heterocycles. The van der Waals surface area contributed by atoms with Crippen molar-refractivity contribution in [1.82, 2.24) is 0 Å². The largest absolute Gasteiger partial charge is 0.396 e. The van der Waals surface area contributed by atoms with Crippen molar-refractivity contribution in [3.05, 3.63) is 24.3 Å². The van der Waals surface area contributed by atoms with Gasteiger partial charge >= 0.3 is 0 Å². The maximum Gasteiger partial charge on any atom is 0.0431 e. The van der Waals surface area contributed by atoms with E-state index in [2.05, 4.69) is 32.1 Å². The normalized spacial score (nSPS) is 11.1. The first kappa shape index (κ1) is 44.8. The Morgan fingerprint density at radius 3 is 0.878 bits per heavy atom. The molecule has 0 saturated heterocycles. The SMILES string of the molecule is C/C=C/C=C/CCCCCCCO.CCCCCCCCCCCCCCO.CCCCCCCCCCCCO. The molecular weight excluding hydrogens is 504 g/mol. The van der Waals surface area contributed by atoms with Crippen molar-refractivity contribution in [3.63, 3.8) is 0 Å². The van der Waals surface area contributed by atoms with Gasteiger partial charge in [0.15, 0.2) is 0 Å². The number of aliphatic hydroxyl groups excluding tert-OH is 3. The van der Waals surface area contributed by atoms with Gasteiger partial charge in [-0.25, -0.2) is 0 Å². The summed E-state index contributed by atoms with van der Waals surface area (Å²) in [5.74, 6) is 0. The molecule has 0 rings (SSSR count). The van der Waals surface area contributed by atoms with Crippen molar-refractivity contribution in [2.75, 3.05) is 19.8 Å². The van der Waals surface area contributed by atoms with Crippen LogP contribution in [0.1, 0.15) is 201 Å². The second-order valence-corrected chi connectivity index (χ2v) is 11.8. The van der Waals surface area contributed by atoms with Crippen molar-refractivity contribution in [2.45, 2.75) is 201 Å². The Morgan fingerprint density at radius 1 is 0.341 bits per heavy atom. The van der Waals surface area contributed by atoms with Gasteiger partial charge in [-0.05, 0) is 39.0 Å². The second kappa shape index (κ2) is 49.1. The zero-order chi connectivity index (χ0) is 30.7. The van der Waals surface area contributed by atoms with E-state index >= 15 is 0 Å². The predicted molar refractivity (Wildman–Crippen MR) is 186 cm³/mol. The van der Waals surface area contributed by atoms with Crippen LogP contribution >= 0.6 is 0 Å². The Labute approximate surface area is 259 Å². The number of unbranched alkanes of at least 4 members (excludes halogenated alkanes) is 25. The molecule has 3 nitrogen and oxygen atoms in total. The smallest absolute Gasteiger partial charge is 0.0431 e. The highest BCUT2D eigenvalue weighted by atomic mass is 16.3. The Bertz CT molecular complexity index is 425. The van der Waals surface area contributed by atoms with Gasteiger partial charge in [0.25, 0.3) is 0 Å². The van der Waals surface area contributed by atoms with Gasteiger partial charge in [-0.2, -0.15) is 0 Å². The van der Waals surface area contributed by atoms with E-state index in [1.165, 1.54) is 161 Å². The van der Waals surface area contributed by atoms with Gasteiger partial charge in [0.1, 0.15) is 0 Å². The van der Waals surface area contributed by atoms with Crippen LogP contribution in [0.3, 0.4) is 0 Å². The number of hydrogen-bond donors (Lipinski definition) is 3. The topological polar surface area (TPSA) is 60.7 Å². The molecular formula is C38H78O3. The van der Waals surface area contributed by atoms with Crippen LogP contribution < -0.4 is 0 Å². The van der Waals surface area contributed by atoms with Crippen molar-refractivity contribution in [2.24, 2.45) is 0 Å². The fourth-order valence-corrected chi connectivity index (χ4v) is 4.74. The lowest BCUT2D eigenvalue weighted by Gasteiger charge is -2.01. The van der Waals surface area contributed by atoms with Gasteiger partial charge in [-0.3, -0.25) is 0 Å². The Balaban J connectivity index is -0.000000530. The Hall–Kier alpha value is -0.640. The standard InChI is InChI=1S/C14H30O.C12H26O.C12H22O/c1-2-3-4-5-6-7-8-9-10-11-12-13-14-15;2*1-2-3-4-5-6-7-8-9-10-11-12-13/h15H,2-14H2,1H3;13H,2-12H2,1H3;2-5,13H,6-12H2,1H3/b;;3-2+,5-4+. The van der Waals surface area contributed by atoms with Crippen molar-refractivity contribution in [3.8, 4) is 0 Å². The molecule has 0 spiro atoms. The third-order valence-electron chi connectivity index (χ3n) is 7.49. The third kappa shape index (κ3) is 55.9. The second-order valence-electron chi connectivity index (χ2n) is 11.8. The molecule has 0 bridgehead atoms. The van der Waals surface area contributed by atoms with Crippen LogP contribution in [0, 0.1) is 0 Å². The van der Waals surface area contributed by atoms with Crippen molar-refractivity contribution in [1.29, 1.82) is 0 Å². The van der Waals surface area contributed by atoms with Gasteiger partial charge < -0.3 is 15.3 Å². The molecule has 3 N–H and O–H groups in total. The zero-order valence-corrected chi connectivity index (χ0v) is 28.6. The maximum atomic E-state index is 8.61. The highest BCUT2D eigenvalue weighted by Gasteiger charge is 1.93. The quantitative estimate of drug-likeness (QED) is 0.0583. The van der Waals surface area contributed by atoms with Crippen LogP contribution in [0.2, 0.25) is 0 Å². The van der Waals surface area contributed by atoms with Crippen LogP contribution in [0.5, 0.6) is 0 Å². The monoisotopic (exact) mass is 583 g/mol. The molecule has 0 fully saturated rings. The van der Waals surface area contributed by atoms with E-state index in [1.807, 2.05) is 13.0 Å². The minimum Gasteiger partial charge on any atom is -0.396 e. The lowest BCUT2D eigenvalue weighted by atomic mass is 10.1. The average molecular weight is 583 g/mol. The summed E-state index contributed by atoms with van der Waals surface area (Å²) >= 11 is 0. The van der Waals surface area contributed by atoms with Crippen LogP contribution in [0.15, 0.2) is 24.3 Å². The molecule has 0 aromatic rings. The molecule has 0 aromatic carbocycles. The van der Waals surface area contributed by atoms with E-state index < -0.39 is 0 Å². The fraction of sp³-hybridized carbons (Fsp3) is 0.895. The van der Waals surface area contributed by atoms with Gasteiger partial charge in [-0.1, -0.05) is 186 Å². The Kier molecular flexibility index (Phi) is 53.6. The molecule has 0 saturated carbocycles. The lowest BCUT2D eigenvalue weighted by Crippen LogP contribution is -1.84. The van der Waals surface area contributed by atoms with E-state index in [4.69, 9.17) is 15.3 Å². The molecule has 0 amide bonds. The molecule has 0 radical (unpaired) electrons. The Morgan fingerprint density at radius 2 is 0.610 bits per heavy atom. The molecule has 0 atom stereocenters. The molecule has 3 heteroatoms. The maximum absolute atomic E-state index is 8.61. The number of rotatable bonds is 30. The van der Waals surface area contributed by atoms with Crippen LogP contribution in [-0.2, 0) is 0 Å². The molecule has 0 unspecified atom stereocenters. The number of aliphatic hydroxyl groups is 3. The third-order valence-corrected chi connectivity index (χ3v) is 7.49. The van der Waals surface area contributed by atoms with Crippen LogP contribution in [-0.4, -0.2) is 35.1 Å². The molecule has 0 aliphatic heterocycles.